The van der Waals surface area contributed by atoms with Crippen LogP contribution in [0.3, 0.4) is 0 Å². The third-order valence-electron chi connectivity index (χ3n) is 2.97. The second-order valence-electron chi connectivity index (χ2n) is 4.22. The lowest BCUT2D eigenvalue weighted by Crippen LogP contribution is -2.29. The van der Waals surface area contributed by atoms with Gasteiger partial charge in [0.1, 0.15) is 5.69 Å². The molecule has 1 aromatic carbocycles. The first-order valence-corrected chi connectivity index (χ1v) is 6.98. The highest BCUT2D eigenvalue weighted by Crippen LogP contribution is 2.24. The lowest BCUT2D eigenvalue weighted by atomic mass is 10.1. The van der Waals surface area contributed by atoms with Gasteiger partial charge in [-0.05, 0) is 24.6 Å². The highest BCUT2D eigenvalue weighted by Gasteiger charge is 2.21. The number of nitrogen functional groups attached to an aromatic ring is 1. The molecule has 19 heavy (non-hydrogen) atoms. The number of hydrogen-bond acceptors (Lipinski definition) is 4. The zero-order valence-corrected chi connectivity index (χ0v) is 12.2. The second-order valence-corrected chi connectivity index (χ2v) is 5.54. The Hall–Kier alpha value is -1.59. The molecule has 0 aliphatic rings. The molecule has 1 aromatic heterocycles. The predicted molar refractivity (Wildman–Crippen MR) is 78.5 cm³/mol. The molecule has 0 bridgehead atoms. The van der Waals surface area contributed by atoms with E-state index in [-0.39, 0.29) is 11.9 Å². The van der Waals surface area contributed by atoms with Crippen LogP contribution in [0.25, 0.3) is 0 Å². The molecule has 0 radical (unpaired) electrons. The minimum atomic E-state index is -0.152. The van der Waals surface area contributed by atoms with Crippen molar-refractivity contribution < 1.29 is 4.79 Å². The maximum absolute atomic E-state index is 12.2. The molecule has 2 N–H and O–H groups in total. The molecule has 0 spiro atoms. The Balaban J connectivity index is 2.19. The Labute approximate surface area is 120 Å². The van der Waals surface area contributed by atoms with E-state index in [9.17, 15) is 4.79 Å². The van der Waals surface area contributed by atoms with Crippen molar-refractivity contribution in [3.05, 3.63) is 45.9 Å². The average Bonchev–Trinajstić information content (AvgIpc) is 2.83. The highest BCUT2D eigenvalue weighted by molar-refractivity contribution is 7.13. The van der Waals surface area contributed by atoms with Gasteiger partial charge in [-0.25, -0.2) is 4.98 Å². The fraction of sp³-hybridized carbons (Fsp3) is 0.231. The molecule has 0 fully saturated rings. The maximum Gasteiger partial charge on any atom is 0.273 e. The first-order valence-electron chi connectivity index (χ1n) is 5.72. The van der Waals surface area contributed by atoms with Gasteiger partial charge in [0.15, 0.2) is 5.13 Å². The average molecular weight is 296 g/mol. The van der Waals surface area contributed by atoms with E-state index in [4.69, 9.17) is 17.3 Å². The molecule has 1 heterocycles. The molecule has 0 saturated heterocycles. The molecule has 0 aliphatic heterocycles. The smallest absolute Gasteiger partial charge is 0.273 e. The van der Waals surface area contributed by atoms with Crippen molar-refractivity contribution in [1.29, 1.82) is 0 Å². The summed E-state index contributed by atoms with van der Waals surface area (Å²) in [4.78, 5) is 17.9. The van der Waals surface area contributed by atoms with Gasteiger partial charge >= 0.3 is 0 Å². The summed E-state index contributed by atoms with van der Waals surface area (Å²) in [6.07, 6.45) is 0. The second kappa shape index (κ2) is 5.59. The van der Waals surface area contributed by atoms with Gasteiger partial charge in [0.2, 0.25) is 0 Å². The molecule has 1 amide bonds. The van der Waals surface area contributed by atoms with E-state index in [0.29, 0.717) is 15.8 Å². The fourth-order valence-corrected chi connectivity index (χ4v) is 2.47. The Kier molecular flexibility index (Phi) is 4.07. The van der Waals surface area contributed by atoms with Crippen LogP contribution < -0.4 is 5.73 Å². The zero-order valence-electron chi connectivity index (χ0n) is 10.6. The van der Waals surface area contributed by atoms with Crippen molar-refractivity contribution >= 4 is 34.0 Å². The van der Waals surface area contributed by atoms with Crippen molar-refractivity contribution in [2.24, 2.45) is 0 Å². The number of hydrogen-bond donors (Lipinski definition) is 1. The molecule has 100 valence electrons. The van der Waals surface area contributed by atoms with Crippen molar-refractivity contribution in [1.82, 2.24) is 9.88 Å². The zero-order chi connectivity index (χ0) is 14.0. The highest BCUT2D eigenvalue weighted by atomic mass is 35.5. The standard InChI is InChI=1S/C13H14ClN3OS/c1-8(9-4-3-5-10(14)6-9)17(2)12(18)11-7-19-13(15)16-11/h3-8H,1-2H3,(H2,15,16). The van der Waals surface area contributed by atoms with Gasteiger partial charge in [0.05, 0.1) is 6.04 Å². The van der Waals surface area contributed by atoms with Crippen molar-refractivity contribution in [2.45, 2.75) is 13.0 Å². The predicted octanol–water partition coefficient (Wildman–Crippen LogP) is 3.21. The SMILES string of the molecule is CC(c1cccc(Cl)c1)N(C)C(=O)c1csc(N)n1. The summed E-state index contributed by atoms with van der Waals surface area (Å²) in [7, 11) is 1.74. The van der Waals surface area contributed by atoms with Crippen LogP contribution in [0.15, 0.2) is 29.6 Å². The minimum Gasteiger partial charge on any atom is -0.375 e. The summed E-state index contributed by atoms with van der Waals surface area (Å²) >= 11 is 7.22. The van der Waals surface area contributed by atoms with E-state index in [1.165, 1.54) is 11.3 Å². The first-order chi connectivity index (χ1) is 8.99. The number of carbonyl (C=O) groups excluding carboxylic acids is 1. The molecule has 2 aromatic rings. The third kappa shape index (κ3) is 3.05. The van der Waals surface area contributed by atoms with Crippen LogP contribution in [0.4, 0.5) is 5.13 Å². The number of anilines is 1. The number of benzene rings is 1. The Morgan fingerprint density at radius 2 is 2.26 bits per heavy atom. The molecule has 1 atom stereocenters. The van der Waals surface area contributed by atoms with E-state index in [2.05, 4.69) is 4.98 Å². The van der Waals surface area contributed by atoms with Gasteiger partial charge in [-0.3, -0.25) is 4.79 Å². The number of thiazole rings is 1. The van der Waals surface area contributed by atoms with Gasteiger partial charge in [-0.1, -0.05) is 23.7 Å². The molecule has 6 heteroatoms. The minimum absolute atomic E-state index is 0.0888. The number of nitrogens with zero attached hydrogens (tertiary/aromatic N) is 2. The molecule has 4 nitrogen and oxygen atoms in total. The number of carbonyl (C=O) groups is 1. The Bertz CT molecular complexity index is 599. The third-order valence-corrected chi connectivity index (χ3v) is 3.88. The molecule has 0 saturated carbocycles. The van der Waals surface area contributed by atoms with E-state index < -0.39 is 0 Å². The molecular weight excluding hydrogens is 282 g/mol. The molecular formula is C13H14ClN3OS. The lowest BCUT2D eigenvalue weighted by molar-refractivity contribution is 0.0737. The van der Waals surface area contributed by atoms with E-state index in [0.717, 1.165) is 5.56 Å². The van der Waals surface area contributed by atoms with E-state index in [1.807, 2.05) is 25.1 Å². The summed E-state index contributed by atoms with van der Waals surface area (Å²) in [6.45, 7) is 1.94. The summed E-state index contributed by atoms with van der Waals surface area (Å²) < 4.78 is 0. The van der Waals surface area contributed by atoms with Crippen LogP contribution in [0.2, 0.25) is 5.02 Å². The van der Waals surface area contributed by atoms with Gasteiger partial charge in [-0.2, -0.15) is 0 Å². The monoisotopic (exact) mass is 295 g/mol. The van der Waals surface area contributed by atoms with Crippen LogP contribution in [-0.4, -0.2) is 22.8 Å². The summed E-state index contributed by atoms with van der Waals surface area (Å²) in [6, 6.07) is 7.38. The van der Waals surface area contributed by atoms with Crippen LogP contribution >= 0.6 is 22.9 Å². The summed E-state index contributed by atoms with van der Waals surface area (Å²) in [5, 5.41) is 2.72. The Morgan fingerprint density at radius 3 is 2.84 bits per heavy atom. The van der Waals surface area contributed by atoms with Gasteiger partial charge in [0.25, 0.3) is 5.91 Å². The van der Waals surface area contributed by atoms with Crippen LogP contribution in [0.1, 0.15) is 29.0 Å². The van der Waals surface area contributed by atoms with Gasteiger partial charge in [-0.15, -0.1) is 11.3 Å². The maximum atomic E-state index is 12.2. The number of aromatic nitrogens is 1. The van der Waals surface area contributed by atoms with E-state index >= 15 is 0 Å². The first kappa shape index (κ1) is 13.8. The number of halogens is 1. The van der Waals surface area contributed by atoms with Crippen molar-refractivity contribution in [3.63, 3.8) is 0 Å². The molecule has 1 unspecified atom stereocenters. The van der Waals surface area contributed by atoms with Crippen LogP contribution in [-0.2, 0) is 0 Å². The van der Waals surface area contributed by atoms with Gasteiger partial charge < -0.3 is 10.6 Å². The normalized spacial score (nSPS) is 12.2. The summed E-state index contributed by atoms with van der Waals surface area (Å²) in [5.74, 6) is -0.152. The quantitative estimate of drug-likeness (QED) is 0.946. The summed E-state index contributed by atoms with van der Waals surface area (Å²) in [5.41, 5.74) is 6.90. The van der Waals surface area contributed by atoms with Crippen LogP contribution in [0.5, 0.6) is 0 Å². The number of amides is 1. The van der Waals surface area contributed by atoms with Crippen molar-refractivity contribution in [2.75, 3.05) is 12.8 Å². The topological polar surface area (TPSA) is 59.2 Å². The number of nitrogens with two attached hydrogens (primary N) is 1. The van der Waals surface area contributed by atoms with Gasteiger partial charge in [0, 0.05) is 17.5 Å². The molecule has 2 rings (SSSR count). The largest absolute Gasteiger partial charge is 0.375 e. The van der Waals surface area contributed by atoms with E-state index in [1.54, 1.807) is 23.4 Å². The van der Waals surface area contributed by atoms with Crippen molar-refractivity contribution in [3.8, 4) is 0 Å². The lowest BCUT2D eigenvalue weighted by Gasteiger charge is -2.24. The fourth-order valence-electron chi connectivity index (χ4n) is 1.73. The Morgan fingerprint density at radius 1 is 1.53 bits per heavy atom. The van der Waals surface area contributed by atoms with Crippen LogP contribution in [0, 0.1) is 0 Å². The molecule has 0 aliphatic carbocycles. The number of rotatable bonds is 3.